The zero-order chi connectivity index (χ0) is 13.1. The van der Waals surface area contributed by atoms with Gasteiger partial charge in [-0.25, -0.2) is 0 Å². The van der Waals surface area contributed by atoms with Crippen LogP contribution in [0.4, 0.5) is 0 Å². The second-order valence-electron chi connectivity index (χ2n) is 4.33. The Morgan fingerprint density at radius 1 is 1.24 bits per heavy atom. The van der Waals surface area contributed by atoms with Crippen molar-refractivity contribution in [1.29, 1.82) is 0 Å². The average Bonchev–Trinajstić information content (AvgIpc) is 2.26. The van der Waals surface area contributed by atoms with E-state index < -0.39 is 12.0 Å². The number of carboxylic acid groups (broad SMARTS) is 1. The number of hydrogen-bond donors (Lipinski definition) is 2. The van der Waals surface area contributed by atoms with E-state index in [0.29, 0.717) is 26.4 Å². The highest BCUT2D eigenvalue weighted by atomic mass is 16.5. The molecule has 1 atom stereocenters. The van der Waals surface area contributed by atoms with Crippen LogP contribution in [0.3, 0.4) is 0 Å². The van der Waals surface area contributed by atoms with Crippen LogP contribution in [0.15, 0.2) is 0 Å². The van der Waals surface area contributed by atoms with Gasteiger partial charge in [0, 0.05) is 13.7 Å². The molecule has 17 heavy (non-hydrogen) atoms. The molecule has 5 nitrogen and oxygen atoms in total. The predicted octanol–water partition coefficient (Wildman–Crippen LogP) is 1.13. The molecule has 0 heterocycles. The molecule has 0 aromatic heterocycles. The molecular formula is C12H25NO4. The van der Waals surface area contributed by atoms with Gasteiger partial charge < -0.3 is 19.9 Å². The summed E-state index contributed by atoms with van der Waals surface area (Å²) >= 11 is 0. The Labute approximate surface area is 103 Å². The number of aliphatic carboxylic acids is 1. The molecule has 0 radical (unpaired) electrons. The van der Waals surface area contributed by atoms with Crippen molar-refractivity contribution in [2.75, 3.05) is 33.5 Å². The molecule has 0 fully saturated rings. The van der Waals surface area contributed by atoms with Gasteiger partial charge in [0.05, 0.1) is 13.2 Å². The fraction of sp³-hybridized carbons (Fsp3) is 0.917. The quantitative estimate of drug-likeness (QED) is 0.536. The number of nitrogens with one attached hydrogen (secondary N) is 1. The number of methoxy groups -OCH3 is 1. The topological polar surface area (TPSA) is 67.8 Å². The minimum absolute atomic E-state index is 0.102. The van der Waals surface area contributed by atoms with Crippen molar-refractivity contribution in [3.63, 3.8) is 0 Å². The highest BCUT2D eigenvalue weighted by Crippen LogP contribution is 2.01. The Balaban J connectivity index is 3.40. The van der Waals surface area contributed by atoms with E-state index in [1.165, 1.54) is 0 Å². The number of carbonyl (C=O) groups is 1. The van der Waals surface area contributed by atoms with Crippen LogP contribution < -0.4 is 5.32 Å². The Hall–Kier alpha value is -0.650. The molecule has 1 unspecified atom stereocenters. The molecule has 5 heteroatoms. The lowest BCUT2D eigenvalue weighted by atomic mass is 10.0. The van der Waals surface area contributed by atoms with Crippen LogP contribution in [0.5, 0.6) is 0 Å². The van der Waals surface area contributed by atoms with Crippen LogP contribution in [0, 0.1) is 5.92 Å². The van der Waals surface area contributed by atoms with Crippen LogP contribution in [-0.2, 0) is 14.3 Å². The zero-order valence-corrected chi connectivity index (χ0v) is 11.1. The van der Waals surface area contributed by atoms with Crippen molar-refractivity contribution < 1.29 is 19.4 Å². The molecule has 0 amide bonds. The summed E-state index contributed by atoms with van der Waals surface area (Å²) in [5, 5.41) is 12.0. The van der Waals surface area contributed by atoms with Gasteiger partial charge in [-0.15, -0.1) is 0 Å². The smallest absolute Gasteiger partial charge is 0.320 e. The molecule has 0 aromatic rings. The first-order chi connectivity index (χ1) is 8.09. The van der Waals surface area contributed by atoms with Gasteiger partial charge in [-0.2, -0.15) is 0 Å². The van der Waals surface area contributed by atoms with E-state index >= 15 is 0 Å². The van der Waals surface area contributed by atoms with E-state index in [2.05, 4.69) is 5.32 Å². The number of rotatable bonds is 11. The van der Waals surface area contributed by atoms with Crippen molar-refractivity contribution in [1.82, 2.24) is 5.32 Å². The monoisotopic (exact) mass is 247 g/mol. The lowest BCUT2D eigenvalue weighted by Gasteiger charge is -2.17. The summed E-state index contributed by atoms with van der Waals surface area (Å²) in [6.07, 6.45) is 1.85. The fourth-order valence-electron chi connectivity index (χ4n) is 1.44. The maximum Gasteiger partial charge on any atom is 0.320 e. The van der Waals surface area contributed by atoms with Gasteiger partial charge in [-0.1, -0.05) is 13.8 Å². The van der Waals surface area contributed by atoms with Gasteiger partial charge in [-0.05, 0) is 25.3 Å². The van der Waals surface area contributed by atoms with Crippen molar-refractivity contribution in [2.45, 2.75) is 32.7 Å². The van der Waals surface area contributed by atoms with Gasteiger partial charge in [0.1, 0.15) is 6.04 Å². The third-order valence-electron chi connectivity index (χ3n) is 2.44. The molecule has 0 spiro atoms. The predicted molar refractivity (Wildman–Crippen MR) is 66.2 cm³/mol. The molecule has 0 aliphatic carbocycles. The van der Waals surface area contributed by atoms with Gasteiger partial charge in [0.25, 0.3) is 0 Å². The first kappa shape index (κ1) is 16.4. The molecule has 0 saturated carbocycles. The van der Waals surface area contributed by atoms with Crippen LogP contribution in [-0.4, -0.2) is 50.6 Å². The molecule has 0 aliphatic rings. The van der Waals surface area contributed by atoms with E-state index in [4.69, 9.17) is 14.6 Å². The largest absolute Gasteiger partial charge is 0.480 e. The summed E-state index contributed by atoms with van der Waals surface area (Å²) in [5.74, 6) is -0.679. The van der Waals surface area contributed by atoms with E-state index in [1.54, 1.807) is 7.11 Å². The Kier molecular flexibility index (Phi) is 10.1. The van der Waals surface area contributed by atoms with Crippen LogP contribution in [0.25, 0.3) is 0 Å². The highest BCUT2D eigenvalue weighted by Gasteiger charge is 2.19. The first-order valence-electron chi connectivity index (χ1n) is 6.12. The van der Waals surface area contributed by atoms with Crippen molar-refractivity contribution in [3.8, 4) is 0 Å². The summed E-state index contributed by atoms with van der Waals surface area (Å²) in [6.45, 7) is 6.45. The van der Waals surface area contributed by atoms with E-state index in [9.17, 15) is 4.79 Å². The van der Waals surface area contributed by atoms with Crippen molar-refractivity contribution >= 4 is 5.97 Å². The van der Waals surface area contributed by atoms with Crippen LogP contribution in [0.1, 0.15) is 26.7 Å². The second-order valence-corrected chi connectivity index (χ2v) is 4.33. The third-order valence-corrected chi connectivity index (χ3v) is 2.44. The van der Waals surface area contributed by atoms with Gasteiger partial charge in [0.15, 0.2) is 0 Å². The lowest BCUT2D eigenvalue weighted by molar-refractivity contribution is -0.140. The molecule has 0 aromatic carbocycles. The number of ether oxygens (including phenoxy) is 2. The molecule has 102 valence electrons. The molecule has 0 aliphatic heterocycles. The molecular weight excluding hydrogens is 222 g/mol. The summed E-state index contributed by atoms with van der Waals surface area (Å²) in [5.41, 5.74) is 0. The minimum atomic E-state index is -0.781. The highest BCUT2D eigenvalue weighted by molar-refractivity contribution is 5.73. The average molecular weight is 247 g/mol. The maximum absolute atomic E-state index is 10.9. The second kappa shape index (κ2) is 10.5. The number of carboxylic acids is 1. The summed E-state index contributed by atoms with van der Waals surface area (Å²) in [6, 6.07) is -0.454. The van der Waals surface area contributed by atoms with Crippen molar-refractivity contribution in [3.05, 3.63) is 0 Å². The SMILES string of the molecule is COCCOCCCCNC(C(=O)O)C(C)C. The maximum atomic E-state index is 10.9. The minimum Gasteiger partial charge on any atom is -0.480 e. The molecule has 2 N–H and O–H groups in total. The van der Waals surface area contributed by atoms with Gasteiger partial charge in [0.2, 0.25) is 0 Å². The summed E-state index contributed by atoms with van der Waals surface area (Å²) < 4.78 is 10.2. The standard InChI is InChI=1S/C12H25NO4/c1-10(2)11(12(14)15)13-6-4-5-7-17-9-8-16-3/h10-11,13H,4-9H2,1-3H3,(H,14,15). The van der Waals surface area contributed by atoms with Crippen LogP contribution in [0.2, 0.25) is 0 Å². The number of unbranched alkanes of at least 4 members (excludes halogenated alkanes) is 1. The van der Waals surface area contributed by atoms with E-state index in [1.807, 2.05) is 13.8 Å². The fourth-order valence-corrected chi connectivity index (χ4v) is 1.44. The Bertz CT molecular complexity index is 197. The van der Waals surface area contributed by atoms with E-state index in [-0.39, 0.29) is 5.92 Å². The Morgan fingerprint density at radius 3 is 2.47 bits per heavy atom. The Morgan fingerprint density at radius 2 is 1.94 bits per heavy atom. The summed E-state index contributed by atoms with van der Waals surface area (Å²) in [7, 11) is 1.64. The van der Waals surface area contributed by atoms with Crippen molar-refractivity contribution in [2.24, 2.45) is 5.92 Å². The van der Waals surface area contributed by atoms with E-state index in [0.717, 1.165) is 12.8 Å². The van der Waals surface area contributed by atoms with Gasteiger partial charge in [-0.3, -0.25) is 4.79 Å². The van der Waals surface area contributed by atoms with Gasteiger partial charge >= 0.3 is 5.97 Å². The molecule has 0 rings (SSSR count). The normalized spacial score (nSPS) is 12.9. The number of hydrogen-bond acceptors (Lipinski definition) is 4. The molecule has 0 saturated heterocycles. The lowest BCUT2D eigenvalue weighted by Crippen LogP contribution is -2.41. The first-order valence-corrected chi connectivity index (χ1v) is 6.12. The summed E-state index contributed by atoms with van der Waals surface area (Å²) in [4.78, 5) is 10.9. The molecule has 0 bridgehead atoms. The third kappa shape index (κ3) is 9.09. The zero-order valence-electron chi connectivity index (χ0n) is 11.1. The van der Waals surface area contributed by atoms with Crippen LogP contribution >= 0.6 is 0 Å².